The van der Waals surface area contributed by atoms with Crippen LogP contribution in [0.3, 0.4) is 0 Å². The van der Waals surface area contributed by atoms with E-state index in [2.05, 4.69) is 33.1 Å². The minimum Gasteiger partial charge on any atom is -0.490 e. The van der Waals surface area contributed by atoms with E-state index in [9.17, 15) is 13.2 Å². The molecule has 1 amide bonds. The van der Waals surface area contributed by atoms with Crippen molar-refractivity contribution in [1.29, 1.82) is 0 Å². The lowest BCUT2D eigenvalue weighted by Crippen LogP contribution is -2.54. The molecule has 4 atom stereocenters. The molecule has 0 aromatic heterocycles. The Hall–Kier alpha value is -2.59. The van der Waals surface area contributed by atoms with E-state index in [-0.39, 0.29) is 16.4 Å². The van der Waals surface area contributed by atoms with E-state index in [0.717, 1.165) is 49.4 Å². The van der Waals surface area contributed by atoms with Crippen molar-refractivity contribution >= 4 is 33.2 Å². The van der Waals surface area contributed by atoms with Crippen LogP contribution < -0.4 is 19.7 Å². The molecule has 10 heteroatoms. The lowest BCUT2D eigenvalue weighted by Gasteiger charge is -2.46. The third-order valence-corrected chi connectivity index (χ3v) is 11.3. The third kappa shape index (κ3) is 5.45. The summed E-state index contributed by atoms with van der Waals surface area (Å²) in [6, 6.07) is 11.1. The summed E-state index contributed by atoms with van der Waals surface area (Å²) in [7, 11) is -2.38. The maximum atomic E-state index is 13.5. The van der Waals surface area contributed by atoms with Crippen LogP contribution in [0.1, 0.15) is 50.7 Å². The first kappa shape index (κ1) is 29.5. The number of rotatable bonds is 1. The predicted molar refractivity (Wildman–Crippen MR) is 164 cm³/mol. The molecule has 1 saturated carbocycles. The largest absolute Gasteiger partial charge is 0.490 e. The van der Waals surface area contributed by atoms with E-state index in [1.165, 1.54) is 17.2 Å². The van der Waals surface area contributed by atoms with Crippen LogP contribution in [0.2, 0.25) is 5.02 Å². The van der Waals surface area contributed by atoms with Gasteiger partial charge < -0.3 is 19.7 Å². The van der Waals surface area contributed by atoms with E-state index in [1.54, 1.807) is 33.1 Å². The van der Waals surface area contributed by atoms with Gasteiger partial charge >= 0.3 is 0 Å². The van der Waals surface area contributed by atoms with Gasteiger partial charge in [-0.3, -0.25) is 4.79 Å². The molecule has 2 aliphatic heterocycles. The van der Waals surface area contributed by atoms with Gasteiger partial charge in [-0.05, 0) is 99.2 Å². The molecule has 2 heterocycles. The Bertz CT molecular complexity index is 1510. The number of ether oxygens (including phenoxy) is 2. The van der Waals surface area contributed by atoms with E-state index in [1.807, 2.05) is 12.1 Å². The van der Waals surface area contributed by atoms with Gasteiger partial charge in [0.1, 0.15) is 5.75 Å². The van der Waals surface area contributed by atoms with E-state index in [0.29, 0.717) is 37.3 Å². The highest BCUT2D eigenvalue weighted by Crippen LogP contribution is 2.47. The number of halogens is 1. The van der Waals surface area contributed by atoms with Crippen molar-refractivity contribution in [2.45, 2.75) is 67.9 Å². The standard InChI is InChI=1S/C32H40ClN3O5S/c1-31(2)30(37)35-42(38,39)24-10-13-29-27(17-24)36(18-22-8-11-25(22)28(40-3)7-5-15-34-31)19-32(20-41-29)14-4-6-21-16-23(33)9-12-26(21)32/h5,7,9-10,12-13,16-17,22,25,28,34H,4,6,8,11,14-15,18-20H2,1-3H3,(H,35,37)/b7-5+/t22-,25+,28+,32-/m0/s1. The van der Waals surface area contributed by atoms with E-state index >= 15 is 0 Å². The number of sulfonamides is 1. The van der Waals surface area contributed by atoms with Gasteiger partial charge in [0.15, 0.2) is 0 Å². The van der Waals surface area contributed by atoms with Gasteiger partial charge in [0, 0.05) is 37.2 Å². The zero-order valence-electron chi connectivity index (χ0n) is 24.5. The lowest BCUT2D eigenvalue weighted by atomic mass is 9.68. The van der Waals surface area contributed by atoms with Crippen molar-refractivity contribution in [3.63, 3.8) is 0 Å². The first-order valence-corrected chi connectivity index (χ1v) is 16.7. The molecule has 2 aromatic carbocycles. The Morgan fingerprint density at radius 1 is 1.14 bits per heavy atom. The highest BCUT2D eigenvalue weighted by Gasteiger charge is 2.44. The lowest BCUT2D eigenvalue weighted by molar-refractivity contribution is -0.124. The second-order valence-electron chi connectivity index (χ2n) is 12.8. The fourth-order valence-corrected chi connectivity index (χ4v) is 8.43. The van der Waals surface area contributed by atoms with Crippen LogP contribution in [-0.4, -0.2) is 59.3 Å². The highest BCUT2D eigenvalue weighted by molar-refractivity contribution is 7.90. The van der Waals surface area contributed by atoms with Crippen LogP contribution >= 0.6 is 11.6 Å². The molecular weight excluding hydrogens is 574 g/mol. The zero-order chi connectivity index (χ0) is 29.7. The van der Waals surface area contributed by atoms with E-state index in [4.69, 9.17) is 21.1 Å². The first-order valence-electron chi connectivity index (χ1n) is 14.8. The van der Waals surface area contributed by atoms with Gasteiger partial charge in [-0.15, -0.1) is 0 Å². The molecule has 2 aromatic rings. The summed E-state index contributed by atoms with van der Waals surface area (Å²) >= 11 is 6.40. The number of carbonyl (C=O) groups is 1. The van der Waals surface area contributed by atoms with Gasteiger partial charge in [0.2, 0.25) is 0 Å². The molecule has 0 radical (unpaired) electrons. The van der Waals surface area contributed by atoms with Crippen LogP contribution in [0.4, 0.5) is 5.69 Å². The number of aryl methyl sites for hydroxylation is 1. The maximum Gasteiger partial charge on any atom is 0.264 e. The number of hydrogen-bond acceptors (Lipinski definition) is 7. The number of carbonyl (C=O) groups excluding carboxylic acids is 1. The predicted octanol–water partition coefficient (Wildman–Crippen LogP) is 4.60. The van der Waals surface area contributed by atoms with Crippen LogP contribution in [0.25, 0.3) is 0 Å². The number of nitrogens with zero attached hydrogens (tertiary/aromatic N) is 1. The highest BCUT2D eigenvalue weighted by atomic mass is 35.5. The Kier molecular flexibility index (Phi) is 7.83. The average molecular weight is 614 g/mol. The van der Waals surface area contributed by atoms with Crippen LogP contribution in [0.15, 0.2) is 53.4 Å². The van der Waals surface area contributed by atoms with Crippen molar-refractivity contribution in [1.82, 2.24) is 10.0 Å². The topological polar surface area (TPSA) is 97.0 Å². The molecule has 2 aliphatic carbocycles. The van der Waals surface area contributed by atoms with Crippen molar-refractivity contribution in [2.75, 3.05) is 38.3 Å². The summed E-state index contributed by atoms with van der Waals surface area (Å²) in [5.41, 5.74) is 1.88. The van der Waals surface area contributed by atoms with Crippen LogP contribution in [0.5, 0.6) is 5.75 Å². The van der Waals surface area contributed by atoms with Gasteiger partial charge in [-0.2, -0.15) is 0 Å². The molecule has 4 aliphatic rings. The molecule has 1 spiro atoms. The maximum absolute atomic E-state index is 13.5. The number of methoxy groups -OCH3 is 1. The van der Waals surface area contributed by atoms with Gasteiger partial charge in [-0.25, -0.2) is 13.1 Å². The van der Waals surface area contributed by atoms with E-state index < -0.39 is 21.5 Å². The minimum atomic E-state index is -4.13. The van der Waals surface area contributed by atoms with Crippen molar-refractivity contribution < 1.29 is 22.7 Å². The molecule has 8 nitrogen and oxygen atoms in total. The molecule has 0 saturated heterocycles. The summed E-state index contributed by atoms with van der Waals surface area (Å²) in [5.74, 6) is 0.738. The SMILES string of the molecule is CO[C@@H]1/C=C/CNC(C)(C)C(=O)NS(=O)(=O)c2ccc3c(c2)N(C[C@@H]2CC[C@H]21)C[C@@]1(CCCc2cc(Cl)ccc21)CO3. The average Bonchev–Trinajstić information content (AvgIpc) is 3.08. The first-order chi connectivity index (χ1) is 20.0. The number of amides is 1. The number of hydrogen-bond donors (Lipinski definition) is 2. The third-order valence-electron chi connectivity index (χ3n) is 9.73. The minimum absolute atomic E-state index is 0.0395. The molecule has 2 N–H and O–H groups in total. The van der Waals surface area contributed by atoms with Gasteiger partial charge in [-0.1, -0.05) is 29.8 Å². The monoisotopic (exact) mass is 613 g/mol. The Morgan fingerprint density at radius 3 is 2.74 bits per heavy atom. The van der Waals surface area contributed by atoms with Gasteiger partial charge in [0.05, 0.1) is 28.8 Å². The zero-order valence-corrected chi connectivity index (χ0v) is 26.1. The second-order valence-corrected chi connectivity index (χ2v) is 14.9. The fraction of sp³-hybridized carbons (Fsp3) is 0.531. The summed E-state index contributed by atoms with van der Waals surface area (Å²) in [6.07, 6.45) is 9.10. The van der Waals surface area contributed by atoms with Crippen molar-refractivity contribution in [3.8, 4) is 5.75 Å². The normalized spacial score (nSPS) is 31.0. The molecule has 0 unspecified atom stereocenters. The second kappa shape index (κ2) is 11.2. The molecule has 1 fully saturated rings. The molecule has 42 heavy (non-hydrogen) atoms. The molecule has 2 bridgehead atoms. The van der Waals surface area contributed by atoms with Crippen LogP contribution in [0, 0.1) is 11.8 Å². The summed E-state index contributed by atoms with van der Waals surface area (Å²) < 4.78 is 41.8. The number of fused-ring (bicyclic) bond motifs is 4. The quantitative estimate of drug-likeness (QED) is 0.454. The molecule has 6 rings (SSSR count). The Balaban J connectivity index is 1.45. The van der Waals surface area contributed by atoms with Crippen molar-refractivity contribution in [3.05, 3.63) is 64.7 Å². The van der Waals surface area contributed by atoms with Crippen LogP contribution in [-0.2, 0) is 31.4 Å². The fourth-order valence-electron chi connectivity index (χ4n) is 7.10. The Morgan fingerprint density at radius 2 is 1.98 bits per heavy atom. The smallest absolute Gasteiger partial charge is 0.264 e. The number of benzene rings is 2. The summed E-state index contributed by atoms with van der Waals surface area (Å²) in [5, 5.41) is 3.89. The number of nitrogens with one attached hydrogen (secondary N) is 2. The van der Waals surface area contributed by atoms with Crippen molar-refractivity contribution in [2.24, 2.45) is 11.8 Å². The van der Waals surface area contributed by atoms with Gasteiger partial charge in [0.25, 0.3) is 15.9 Å². The number of anilines is 1. The summed E-state index contributed by atoms with van der Waals surface area (Å²) in [4.78, 5) is 15.5. The Labute approximate surface area is 253 Å². The molecule has 226 valence electrons. The summed E-state index contributed by atoms with van der Waals surface area (Å²) in [6.45, 7) is 5.69. The molecular formula is C32H40ClN3O5S.